The lowest BCUT2D eigenvalue weighted by molar-refractivity contribution is -0.131. The van der Waals surface area contributed by atoms with Gasteiger partial charge in [-0.05, 0) is 26.0 Å². The van der Waals surface area contributed by atoms with E-state index in [1.54, 1.807) is 18.2 Å². The van der Waals surface area contributed by atoms with Gasteiger partial charge in [0.15, 0.2) is 17.7 Å². The van der Waals surface area contributed by atoms with Gasteiger partial charge in [0, 0.05) is 6.08 Å². The molecule has 0 heterocycles. The number of para-hydroxylation sites is 1. The molecule has 0 fully saturated rings. The number of hydrogen-bond acceptors (Lipinski definition) is 3. The summed E-state index contributed by atoms with van der Waals surface area (Å²) < 4.78 is 18.5. The Labute approximate surface area is 122 Å². The Morgan fingerprint density at radius 2 is 1.95 bits per heavy atom. The molecule has 0 bridgehead atoms. The molecular formula is C15H17FN2O3. The van der Waals surface area contributed by atoms with Crippen LogP contribution in [-0.2, 0) is 9.59 Å². The maximum absolute atomic E-state index is 13.4. The van der Waals surface area contributed by atoms with Gasteiger partial charge < -0.3 is 4.74 Å². The van der Waals surface area contributed by atoms with Crippen molar-refractivity contribution < 1.29 is 18.7 Å². The van der Waals surface area contributed by atoms with Gasteiger partial charge >= 0.3 is 0 Å². The van der Waals surface area contributed by atoms with Crippen molar-refractivity contribution in [3.8, 4) is 5.75 Å². The summed E-state index contributed by atoms with van der Waals surface area (Å²) >= 11 is 0. The van der Waals surface area contributed by atoms with Crippen molar-refractivity contribution >= 4 is 11.8 Å². The summed E-state index contributed by atoms with van der Waals surface area (Å²) in [5, 5.41) is 0. The van der Waals surface area contributed by atoms with E-state index in [1.807, 2.05) is 6.92 Å². The molecule has 0 aliphatic carbocycles. The molecule has 1 unspecified atom stereocenters. The van der Waals surface area contributed by atoms with Gasteiger partial charge in [-0.2, -0.15) is 0 Å². The van der Waals surface area contributed by atoms with Gasteiger partial charge in [-0.15, -0.1) is 0 Å². The number of allylic oxidation sites excluding steroid dienone is 3. The zero-order valence-corrected chi connectivity index (χ0v) is 11.8. The van der Waals surface area contributed by atoms with Crippen LogP contribution in [0.25, 0.3) is 0 Å². The van der Waals surface area contributed by atoms with Crippen molar-refractivity contribution in [1.29, 1.82) is 0 Å². The average molecular weight is 292 g/mol. The fourth-order valence-electron chi connectivity index (χ4n) is 1.30. The summed E-state index contributed by atoms with van der Waals surface area (Å²) in [5.74, 6) is -1.67. The third kappa shape index (κ3) is 5.90. The van der Waals surface area contributed by atoms with E-state index in [1.165, 1.54) is 37.3 Å². The first-order chi connectivity index (χ1) is 10.0. The number of halogens is 1. The predicted octanol–water partition coefficient (Wildman–Crippen LogP) is 1.87. The smallest absolute Gasteiger partial charge is 0.279 e. The molecule has 0 aliphatic heterocycles. The highest BCUT2D eigenvalue weighted by Gasteiger charge is 2.16. The number of carbonyl (C=O) groups excluding carboxylic acids is 2. The molecule has 6 heteroatoms. The Balaban J connectivity index is 2.45. The number of hydrogen-bond donors (Lipinski definition) is 2. The molecule has 1 aromatic rings. The number of hydrazine groups is 1. The van der Waals surface area contributed by atoms with Crippen LogP contribution in [0.1, 0.15) is 13.8 Å². The lowest BCUT2D eigenvalue weighted by Crippen LogP contribution is -2.46. The number of ether oxygens (including phenoxy) is 1. The van der Waals surface area contributed by atoms with Gasteiger partial charge in [0.25, 0.3) is 11.8 Å². The van der Waals surface area contributed by atoms with Gasteiger partial charge in [0.1, 0.15) is 0 Å². The first-order valence-corrected chi connectivity index (χ1v) is 6.35. The monoisotopic (exact) mass is 292 g/mol. The van der Waals surface area contributed by atoms with E-state index in [0.29, 0.717) is 0 Å². The molecule has 0 aromatic heterocycles. The van der Waals surface area contributed by atoms with Crippen molar-refractivity contribution in [1.82, 2.24) is 10.9 Å². The van der Waals surface area contributed by atoms with Crippen LogP contribution >= 0.6 is 0 Å². The molecule has 0 saturated heterocycles. The van der Waals surface area contributed by atoms with E-state index >= 15 is 0 Å². The van der Waals surface area contributed by atoms with Crippen LogP contribution in [0.2, 0.25) is 0 Å². The summed E-state index contributed by atoms with van der Waals surface area (Å²) in [7, 11) is 0. The second kappa shape index (κ2) is 8.52. The van der Waals surface area contributed by atoms with E-state index in [9.17, 15) is 14.0 Å². The summed E-state index contributed by atoms with van der Waals surface area (Å²) in [5.41, 5.74) is 4.38. The molecule has 0 saturated carbocycles. The maximum atomic E-state index is 13.4. The standard InChI is InChI=1S/C15H17FN2O3/c1-3-4-5-10-14(19)17-18-15(20)11(2)21-13-9-7-6-8-12(13)16/h3-11H,1-2H3,(H,17,19)(H,18,20)/b4-3+,10-5+. The normalized spacial score (nSPS) is 12.3. The van der Waals surface area contributed by atoms with E-state index in [4.69, 9.17) is 4.74 Å². The van der Waals surface area contributed by atoms with E-state index in [-0.39, 0.29) is 5.75 Å². The third-order valence-corrected chi connectivity index (χ3v) is 2.37. The number of nitrogens with one attached hydrogen (secondary N) is 2. The van der Waals surface area contributed by atoms with Crippen molar-refractivity contribution in [2.75, 3.05) is 0 Å². The van der Waals surface area contributed by atoms with Crippen molar-refractivity contribution in [2.45, 2.75) is 20.0 Å². The van der Waals surface area contributed by atoms with Crippen LogP contribution in [0.3, 0.4) is 0 Å². The highest BCUT2D eigenvalue weighted by atomic mass is 19.1. The molecule has 2 amide bonds. The van der Waals surface area contributed by atoms with Crippen LogP contribution in [0.15, 0.2) is 48.6 Å². The van der Waals surface area contributed by atoms with E-state index in [2.05, 4.69) is 10.9 Å². The number of amides is 2. The molecule has 1 rings (SSSR count). The minimum atomic E-state index is -0.957. The lowest BCUT2D eigenvalue weighted by atomic mass is 10.3. The zero-order chi connectivity index (χ0) is 15.7. The summed E-state index contributed by atoms with van der Waals surface area (Å²) in [4.78, 5) is 23.0. The molecule has 0 aliphatic rings. The largest absolute Gasteiger partial charge is 0.478 e. The number of benzene rings is 1. The minimum absolute atomic E-state index is 0.0283. The fraction of sp³-hybridized carbons (Fsp3) is 0.200. The van der Waals surface area contributed by atoms with Crippen molar-refractivity contribution in [3.63, 3.8) is 0 Å². The number of carbonyl (C=O) groups is 2. The Morgan fingerprint density at radius 1 is 1.24 bits per heavy atom. The van der Waals surface area contributed by atoms with Gasteiger partial charge in [0.2, 0.25) is 0 Å². The Bertz CT molecular complexity index is 556. The highest BCUT2D eigenvalue weighted by Crippen LogP contribution is 2.16. The van der Waals surface area contributed by atoms with Crippen molar-refractivity contribution in [3.05, 3.63) is 54.4 Å². The highest BCUT2D eigenvalue weighted by molar-refractivity contribution is 5.90. The van der Waals surface area contributed by atoms with Crippen LogP contribution in [0.4, 0.5) is 4.39 Å². The minimum Gasteiger partial charge on any atom is -0.478 e. The molecule has 21 heavy (non-hydrogen) atoms. The van der Waals surface area contributed by atoms with Crippen LogP contribution in [0, 0.1) is 5.82 Å². The zero-order valence-electron chi connectivity index (χ0n) is 11.8. The molecule has 2 N–H and O–H groups in total. The summed E-state index contributed by atoms with van der Waals surface area (Å²) in [6.07, 6.45) is 5.25. The lowest BCUT2D eigenvalue weighted by Gasteiger charge is -2.14. The first-order valence-electron chi connectivity index (χ1n) is 6.35. The maximum Gasteiger partial charge on any atom is 0.279 e. The van der Waals surface area contributed by atoms with E-state index in [0.717, 1.165) is 0 Å². The first kappa shape index (κ1) is 16.4. The topological polar surface area (TPSA) is 67.4 Å². The Morgan fingerprint density at radius 3 is 2.62 bits per heavy atom. The molecule has 112 valence electrons. The number of rotatable bonds is 5. The average Bonchev–Trinajstić information content (AvgIpc) is 2.47. The van der Waals surface area contributed by atoms with Crippen LogP contribution in [-0.4, -0.2) is 17.9 Å². The van der Waals surface area contributed by atoms with Crippen LogP contribution < -0.4 is 15.6 Å². The van der Waals surface area contributed by atoms with Crippen molar-refractivity contribution in [2.24, 2.45) is 0 Å². The molecule has 0 spiro atoms. The Hall–Kier alpha value is -2.63. The molecule has 0 radical (unpaired) electrons. The Kier molecular flexibility index (Phi) is 6.67. The second-order valence-electron chi connectivity index (χ2n) is 4.05. The quantitative estimate of drug-likeness (QED) is 0.494. The fourth-order valence-corrected chi connectivity index (χ4v) is 1.30. The summed E-state index contributed by atoms with van der Waals surface area (Å²) in [6.45, 7) is 3.26. The molecule has 1 atom stereocenters. The second-order valence-corrected chi connectivity index (χ2v) is 4.05. The van der Waals surface area contributed by atoms with Gasteiger partial charge in [-0.25, -0.2) is 4.39 Å². The van der Waals surface area contributed by atoms with Gasteiger partial charge in [-0.1, -0.05) is 30.4 Å². The molecule has 1 aromatic carbocycles. The predicted molar refractivity (Wildman–Crippen MR) is 76.7 cm³/mol. The molecule has 5 nitrogen and oxygen atoms in total. The van der Waals surface area contributed by atoms with Gasteiger partial charge in [0.05, 0.1) is 0 Å². The third-order valence-electron chi connectivity index (χ3n) is 2.37. The van der Waals surface area contributed by atoms with E-state index < -0.39 is 23.7 Å². The summed E-state index contributed by atoms with van der Waals surface area (Å²) in [6, 6.07) is 5.76. The van der Waals surface area contributed by atoms with Crippen LogP contribution in [0.5, 0.6) is 5.75 Å². The van der Waals surface area contributed by atoms with Gasteiger partial charge in [-0.3, -0.25) is 20.4 Å². The SMILES string of the molecule is C/C=C/C=C/C(=O)NNC(=O)C(C)Oc1ccccc1F. The molecular weight excluding hydrogens is 275 g/mol.